The van der Waals surface area contributed by atoms with E-state index in [1.54, 1.807) is 0 Å². The number of nitrogens with two attached hydrogens (primary N) is 1. The fraction of sp³-hybridized carbons (Fsp3) is 0.846. The summed E-state index contributed by atoms with van der Waals surface area (Å²) in [5, 5.41) is 7.07. The highest BCUT2D eigenvalue weighted by molar-refractivity contribution is 5.05. The van der Waals surface area contributed by atoms with E-state index < -0.39 is 12.0 Å². The molecule has 5 nitrogen and oxygen atoms in total. The van der Waals surface area contributed by atoms with Crippen LogP contribution in [0.3, 0.4) is 0 Å². The van der Waals surface area contributed by atoms with E-state index in [-0.39, 0.29) is 12.1 Å². The van der Waals surface area contributed by atoms with Gasteiger partial charge in [-0.05, 0) is 12.8 Å². The van der Waals surface area contributed by atoms with Crippen LogP contribution < -0.4 is 5.73 Å². The Labute approximate surface area is 121 Å². The maximum Gasteiger partial charge on any atom is 0.451 e. The average molecular weight is 303 g/mol. The van der Waals surface area contributed by atoms with Crippen LogP contribution in [0.15, 0.2) is 0 Å². The summed E-state index contributed by atoms with van der Waals surface area (Å²) in [7, 11) is 0. The Kier molecular flexibility index (Phi) is 3.69. The van der Waals surface area contributed by atoms with E-state index in [1.807, 2.05) is 0 Å². The molecule has 1 aromatic heterocycles. The van der Waals surface area contributed by atoms with Crippen LogP contribution in [0, 0.1) is 0 Å². The van der Waals surface area contributed by atoms with Crippen LogP contribution in [0.25, 0.3) is 0 Å². The van der Waals surface area contributed by atoms with Crippen LogP contribution in [-0.4, -0.2) is 38.3 Å². The first-order chi connectivity index (χ1) is 9.96. The van der Waals surface area contributed by atoms with E-state index in [2.05, 4.69) is 15.1 Å². The summed E-state index contributed by atoms with van der Waals surface area (Å²) in [5.74, 6) is -0.491. The molecular formula is C13H20F3N5. The molecule has 1 aromatic rings. The van der Waals surface area contributed by atoms with Crippen molar-refractivity contribution in [3.05, 3.63) is 11.6 Å². The zero-order chi connectivity index (χ0) is 15.1. The van der Waals surface area contributed by atoms with Gasteiger partial charge in [-0.2, -0.15) is 13.2 Å². The molecule has 0 amide bonds. The number of hydrogen-bond donors (Lipinski definition) is 1. The number of aromatic nitrogens is 3. The summed E-state index contributed by atoms with van der Waals surface area (Å²) >= 11 is 0. The van der Waals surface area contributed by atoms with Crippen LogP contribution in [0.4, 0.5) is 13.2 Å². The second-order valence-corrected chi connectivity index (χ2v) is 6.00. The zero-order valence-corrected chi connectivity index (χ0v) is 11.9. The van der Waals surface area contributed by atoms with Gasteiger partial charge in [0, 0.05) is 25.2 Å². The number of hydrogen-bond acceptors (Lipinski definition) is 4. The van der Waals surface area contributed by atoms with E-state index in [0.29, 0.717) is 25.5 Å². The van der Waals surface area contributed by atoms with Gasteiger partial charge in [-0.15, -0.1) is 10.2 Å². The normalized spacial score (nSPS) is 23.0. The first-order valence-corrected chi connectivity index (χ1v) is 7.41. The molecule has 0 bridgehead atoms. The zero-order valence-electron chi connectivity index (χ0n) is 11.9. The predicted octanol–water partition coefficient (Wildman–Crippen LogP) is 1.77. The number of halogens is 3. The van der Waals surface area contributed by atoms with Crippen molar-refractivity contribution in [3.63, 3.8) is 0 Å². The lowest BCUT2D eigenvalue weighted by Crippen LogP contribution is -2.57. The van der Waals surface area contributed by atoms with Crippen LogP contribution in [0.5, 0.6) is 0 Å². The Morgan fingerprint density at radius 1 is 1.10 bits per heavy atom. The third kappa shape index (κ3) is 2.55. The van der Waals surface area contributed by atoms with Crippen molar-refractivity contribution in [1.82, 2.24) is 19.7 Å². The topological polar surface area (TPSA) is 60.0 Å². The van der Waals surface area contributed by atoms with Gasteiger partial charge in [-0.1, -0.05) is 19.3 Å². The average Bonchev–Trinajstić information content (AvgIpc) is 2.91. The minimum atomic E-state index is -4.44. The molecule has 1 aliphatic carbocycles. The van der Waals surface area contributed by atoms with Gasteiger partial charge >= 0.3 is 6.18 Å². The van der Waals surface area contributed by atoms with E-state index >= 15 is 0 Å². The van der Waals surface area contributed by atoms with Gasteiger partial charge in [0.2, 0.25) is 5.82 Å². The van der Waals surface area contributed by atoms with Crippen molar-refractivity contribution < 1.29 is 13.2 Å². The van der Waals surface area contributed by atoms with Crippen LogP contribution in [-0.2, 0) is 19.3 Å². The summed E-state index contributed by atoms with van der Waals surface area (Å²) in [6.07, 6.45) is 1.07. The summed E-state index contributed by atoms with van der Waals surface area (Å²) in [4.78, 5) is 2.22. The Balaban J connectivity index is 1.83. The standard InChI is InChI=1S/C13H20F3N5/c14-13(15,16)11-19-18-10-8-20(6-7-21(10)11)12(9-17)4-2-1-3-5-12/h1-9,17H2. The van der Waals surface area contributed by atoms with Gasteiger partial charge in [-0.3, -0.25) is 4.90 Å². The molecule has 1 aliphatic heterocycles. The Hall–Kier alpha value is -1.15. The fourth-order valence-electron chi connectivity index (χ4n) is 3.63. The highest BCUT2D eigenvalue weighted by Gasteiger charge is 2.43. The summed E-state index contributed by atoms with van der Waals surface area (Å²) in [6.45, 7) is 1.80. The van der Waals surface area contributed by atoms with E-state index in [0.717, 1.165) is 25.7 Å². The molecular weight excluding hydrogens is 283 g/mol. The molecule has 2 heterocycles. The van der Waals surface area contributed by atoms with Gasteiger partial charge in [0.15, 0.2) is 0 Å². The maximum absolute atomic E-state index is 12.8. The monoisotopic (exact) mass is 303 g/mol. The smallest absolute Gasteiger partial charge is 0.329 e. The first-order valence-electron chi connectivity index (χ1n) is 7.41. The van der Waals surface area contributed by atoms with Gasteiger partial charge in [-0.25, -0.2) is 0 Å². The number of alkyl halides is 3. The highest BCUT2D eigenvalue weighted by atomic mass is 19.4. The predicted molar refractivity (Wildman–Crippen MR) is 70.3 cm³/mol. The third-order valence-electron chi connectivity index (χ3n) is 4.84. The molecule has 3 rings (SSSR count). The molecule has 1 fully saturated rings. The number of nitrogens with zero attached hydrogens (tertiary/aromatic N) is 4. The van der Waals surface area contributed by atoms with E-state index in [9.17, 15) is 13.2 Å². The molecule has 118 valence electrons. The Morgan fingerprint density at radius 3 is 2.43 bits per heavy atom. The SMILES string of the molecule is NCC1(N2CCn3c(nnc3C(F)(F)F)C2)CCCCC1. The van der Waals surface area contributed by atoms with E-state index in [1.165, 1.54) is 11.0 Å². The minimum absolute atomic E-state index is 0.0755. The maximum atomic E-state index is 12.8. The molecule has 0 aromatic carbocycles. The molecule has 1 saturated carbocycles. The molecule has 0 unspecified atom stereocenters. The van der Waals surface area contributed by atoms with Crippen molar-refractivity contribution in [2.45, 2.75) is 56.9 Å². The van der Waals surface area contributed by atoms with Gasteiger partial charge in [0.1, 0.15) is 5.82 Å². The fourth-order valence-corrected chi connectivity index (χ4v) is 3.63. The van der Waals surface area contributed by atoms with E-state index in [4.69, 9.17) is 5.73 Å². The lowest BCUT2D eigenvalue weighted by atomic mass is 9.80. The Morgan fingerprint density at radius 2 is 1.81 bits per heavy atom. The van der Waals surface area contributed by atoms with Crippen molar-refractivity contribution in [1.29, 1.82) is 0 Å². The quantitative estimate of drug-likeness (QED) is 0.904. The number of fused-ring (bicyclic) bond motifs is 1. The first kappa shape index (κ1) is 14.8. The van der Waals surface area contributed by atoms with Crippen molar-refractivity contribution >= 4 is 0 Å². The van der Waals surface area contributed by atoms with Crippen molar-refractivity contribution in [2.24, 2.45) is 5.73 Å². The highest BCUT2D eigenvalue weighted by Crippen LogP contribution is 2.36. The van der Waals surface area contributed by atoms with Gasteiger partial charge in [0.05, 0.1) is 6.54 Å². The molecule has 0 radical (unpaired) electrons. The molecule has 8 heteroatoms. The molecule has 0 saturated heterocycles. The van der Waals surface area contributed by atoms with Crippen LogP contribution in [0.1, 0.15) is 43.8 Å². The van der Waals surface area contributed by atoms with Gasteiger partial charge < -0.3 is 10.3 Å². The second-order valence-electron chi connectivity index (χ2n) is 6.00. The lowest BCUT2D eigenvalue weighted by molar-refractivity contribution is -0.148. The summed E-state index contributed by atoms with van der Waals surface area (Å²) < 4.78 is 39.7. The summed E-state index contributed by atoms with van der Waals surface area (Å²) in [5.41, 5.74) is 5.92. The second kappa shape index (κ2) is 5.24. The molecule has 21 heavy (non-hydrogen) atoms. The van der Waals surface area contributed by atoms with Gasteiger partial charge in [0.25, 0.3) is 0 Å². The van der Waals surface area contributed by atoms with Crippen molar-refractivity contribution in [3.8, 4) is 0 Å². The summed E-state index contributed by atoms with van der Waals surface area (Å²) in [6, 6.07) is 0. The lowest BCUT2D eigenvalue weighted by Gasteiger charge is -2.47. The molecule has 2 N–H and O–H groups in total. The minimum Gasteiger partial charge on any atom is -0.329 e. The molecule has 2 aliphatic rings. The molecule has 0 spiro atoms. The molecule has 0 atom stereocenters. The van der Waals surface area contributed by atoms with Crippen LogP contribution >= 0.6 is 0 Å². The largest absolute Gasteiger partial charge is 0.451 e. The Bertz CT molecular complexity index is 504. The van der Waals surface area contributed by atoms with Crippen molar-refractivity contribution in [2.75, 3.05) is 13.1 Å². The number of rotatable bonds is 2. The van der Waals surface area contributed by atoms with Crippen LogP contribution in [0.2, 0.25) is 0 Å². The third-order valence-corrected chi connectivity index (χ3v) is 4.84.